The van der Waals surface area contributed by atoms with E-state index in [1.54, 1.807) is 8.52 Å². The Morgan fingerprint density at radius 2 is 2.10 bits per heavy atom. The van der Waals surface area contributed by atoms with Gasteiger partial charge in [-0.3, -0.25) is 8.75 Å². The molecule has 0 unspecified atom stereocenters. The molecule has 0 radical (unpaired) electrons. The SMILES string of the molecule is O=C(O)c1cn(CCn2sc3ccccc3c2=O)cn1. The fourth-order valence-corrected chi connectivity index (χ4v) is 2.95. The Balaban J connectivity index is 1.81. The third-order valence-electron chi connectivity index (χ3n) is 2.97. The van der Waals surface area contributed by atoms with Gasteiger partial charge in [0.2, 0.25) is 0 Å². The first kappa shape index (κ1) is 12.6. The summed E-state index contributed by atoms with van der Waals surface area (Å²) in [6, 6.07) is 7.47. The largest absolute Gasteiger partial charge is 0.476 e. The third-order valence-corrected chi connectivity index (χ3v) is 4.09. The Morgan fingerprint density at radius 1 is 1.30 bits per heavy atom. The van der Waals surface area contributed by atoms with Crippen LogP contribution in [0.2, 0.25) is 0 Å². The zero-order valence-corrected chi connectivity index (χ0v) is 11.2. The molecular formula is C13H11N3O3S. The van der Waals surface area contributed by atoms with E-state index in [9.17, 15) is 9.59 Å². The molecule has 0 aliphatic heterocycles. The van der Waals surface area contributed by atoms with Crippen LogP contribution in [0.3, 0.4) is 0 Å². The van der Waals surface area contributed by atoms with Crippen LogP contribution in [0.5, 0.6) is 0 Å². The Morgan fingerprint density at radius 3 is 2.80 bits per heavy atom. The highest BCUT2D eigenvalue weighted by atomic mass is 32.1. The average Bonchev–Trinajstić information content (AvgIpc) is 3.03. The van der Waals surface area contributed by atoms with Crippen LogP contribution in [0, 0.1) is 0 Å². The molecule has 20 heavy (non-hydrogen) atoms. The van der Waals surface area contributed by atoms with E-state index in [2.05, 4.69) is 4.98 Å². The van der Waals surface area contributed by atoms with E-state index >= 15 is 0 Å². The van der Waals surface area contributed by atoms with Crippen molar-refractivity contribution in [1.82, 2.24) is 13.5 Å². The molecule has 6 nitrogen and oxygen atoms in total. The Bertz CT molecular complexity index is 831. The van der Waals surface area contributed by atoms with Gasteiger partial charge in [-0.2, -0.15) is 0 Å². The summed E-state index contributed by atoms with van der Waals surface area (Å²) in [6.07, 6.45) is 2.92. The molecule has 2 heterocycles. The Labute approximate surface area is 117 Å². The van der Waals surface area contributed by atoms with Crippen LogP contribution < -0.4 is 5.56 Å². The lowest BCUT2D eigenvalue weighted by atomic mass is 10.3. The van der Waals surface area contributed by atoms with Crippen molar-refractivity contribution in [3.05, 3.63) is 52.8 Å². The highest BCUT2D eigenvalue weighted by molar-refractivity contribution is 7.13. The Kier molecular flexibility index (Phi) is 3.11. The lowest BCUT2D eigenvalue weighted by Crippen LogP contribution is -2.16. The van der Waals surface area contributed by atoms with E-state index in [0.717, 1.165) is 4.70 Å². The van der Waals surface area contributed by atoms with Gasteiger partial charge in [-0.05, 0) is 12.1 Å². The lowest BCUT2D eigenvalue weighted by Gasteiger charge is -2.01. The van der Waals surface area contributed by atoms with Gasteiger partial charge in [0.25, 0.3) is 5.56 Å². The number of fused-ring (bicyclic) bond motifs is 1. The number of benzene rings is 1. The zero-order valence-electron chi connectivity index (χ0n) is 10.4. The number of hydrogen-bond acceptors (Lipinski definition) is 4. The third kappa shape index (κ3) is 2.23. The van der Waals surface area contributed by atoms with Crippen molar-refractivity contribution < 1.29 is 9.90 Å². The fraction of sp³-hybridized carbons (Fsp3) is 0.154. The van der Waals surface area contributed by atoms with Crippen LogP contribution >= 0.6 is 11.5 Å². The van der Waals surface area contributed by atoms with Crippen molar-refractivity contribution in [3.8, 4) is 0 Å². The highest BCUT2D eigenvalue weighted by Gasteiger charge is 2.08. The summed E-state index contributed by atoms with van der Waals surface area (Å²) in [5.41, 5.74) is -0.00198. The summed E-state index contributed by atoms with van der Waals surface area (Å²) in [5, 5.41) is 9.51. The monoisotopic (exact) mass is 289 g/mol. The van der Waals surface area contributed by atoms with Crippen molar-refractivity contribution in [2.45, 2.75) is 13.1 Å². The first-order chi connectivity index (χ1) is 9.65. The van der Waals surface area contributed by atoms with Gasteiger partial charge in [-0.25, -0.2) is 9.78 Å². The number of imidazole rings is 1. The number of aromatic nitrogens is 3. The molecule has 7 heteroatoms. The molecule has 0 fully saturated rings. The van der Waals surface area contributed by atoms with Crippen molar-refractivity contribution in [1.29, 1.82) is 0 Å². The first-order valence-electron chi connectivity index (χ1n) is 5.99. The molecular weight excluding hydrogens is 278 g/mol. The predicted molar refractivity (Wildman–Crippen MR) is 75.3 cm³/mol. The fourth-order valence-electron chi connectivity index (χ4n) is 1.96. The maximum atomic E-state index is 12.1. The molecule has 102 valence electrons. The van der Waals surface area contributed by atoms with Crippen molar-refractivity contribution in [3.63, 3.8) is 0 Å². The summed E-state index contributed by atoms with van der Waals surface area (Å²) in [4.78, 5) is 26.6. The molecule has 2 aromatic heterocycles. The summed E-state index contributed by atoms with van der Waals surface area (Å²) in [6.45, 7) is 1.00. The summed E-state index contributed by atoms with van der Waals surface area (Å²) < 4.78 is 4.29. The molecule has 0 aliphatic rings. The van der Waals surface area contributed by atoms with Crippen LogP contribution in [0.1, 0.15) is 10.5 Å². The maximum Gasteiger partial charge on any atom is 0.356 e. The van der Waals surface area contributed by atoms with Gasteiger partial charge in [0.05, 0.1) is 23.0 Å². The van der Waals surface area contributed by atoms with Crippen LogP contribution in [-0.4, -0.2) is 24.6 Å². The number of nitrogens with zero attached hydrogens (tertiary/aromatic N) is 3. The number of carbonyl (C=O) groups is 1. The van der Waals surface area contributed by atoms with Crippen LogP contribution in [0.25, 0.3) is 10.1 Å². The van der Waals surface area contributed by atoms with Crippen molar-refractivity contribution >= 4 is 27.6 Å². The quantitative estimate of drug-likeness (QED) is 0.792. The van der Waals surface area contributed by atoms with E-state index in [1.165, 1.54) is 24.1 Å². The topological polar surface area (TPSA) is 77.1 Å². The standard InChI is InChI=1S/C13H11N3O3S/c17-12-9-3-1-2-4-11(9)20-16(12)6-5-15-7-10(13(18)19)14-8-15/h1-4,7-8H,5-6H2,(H,18,19). The molecule has 0 saturated heterocycles. The average molecular weight is 289 g/mol. The molecule has 0 bridgehead atoms. The maximum absolute atomic E-state index is 12.1. The molecule has 0 amide bonds. The van der Waals surface area contributed by atoms with E-state index in [0.29, 0.717) is 18.5 Å². The van der Waals surface area contributed by atoms with Gasteiger partial charge in [0.1, 0.15) is 0 Å². The van der Waals surface area contributed by atoms with E-state index in [-0.39, 0.29) is 11.3 Å². The van der Waals surface area contributed by atoms with Crippen molar-refractivity contribution in [2.75, 3.05) is 0 Å². The minimum absolute atomic E-state index is 0.00804. The van der Waals surface area contributed by atoms with Gasteiger partial charge in [-0.1, -0.05) is 23.7 Å². The normalized spacial score (nSPS) is 11.0. The van der Waals surface area contributed by atoms with E-state index in [4.69, 9.17) is 5.11 Å². The van der Waals surface area contributed by atoms with E-state index in [1.807, 2.05) is 24.3 Å². The minimum atomic E-state index is -1.05. The summed E-state index contributed by atoms with van der Waals surface area (Å²) >= 11 is 1.41. The van der Waals surface area contributed by atoms with E-state index < -0.39 is 5.97 Å². The second kappa shape index (κ2) is 4.93. The summed E-state index contributed by atoms with van der Waals surface area (Å²) in [5.74, 6) is -1.05. The van der Waals surface area contributed by atoms with Crippen molar-refractivity contribution in [2.24, 2.45) is 0 Å². The minimum Gasteiger partial charge on any atom is -0.476 e. The predicted octanol–water partition coefficient (Wildman–Crippen LogP) is 1.66. The smallest absolute Gasteiger partial charge is 0.356 e. The molecule has 1 N–H and O–H groups in total. The molecule has 0 saturated carbocycles. The molecule has 0 spiro atoms. The van der Waals surface area contributed by atoms with Gasteiger partial charge < -0.3 is 9.67 Å². The number of carboxylic acid groups (broad SMARTS) is 1. The second-order valence-corrected chi connectivity index (χ2v) is 5.36. The zero-order chi connectivity index (χ0) is 14.1. The number of rotatable bonds is 4. The van der Waals surface area contributed by atoms with Gasteiger partial charge in [0, 0.05) is 12.7 Å². The molecule has 0 aliphatic carbocycles. The molecule has 3 rings (SSSR count). The molecule has 1 aromatic carbocycles. The molecule has 0 atom stereocenters. The van der Waals surface area contributed by atoms with Crippen LogP contribution in [0.4, 0.5) is 0 Å². The number of aryl methyl sites for hydroxylation is 2. The number of carboxylic acids is 1. The molecule has 3 aromatic rings. The number of hydrogen-bond donors (Lipinski definition) is 1. The summed E-state index contributed by atoms with van der Waals surface area (Å²) in [7, 11) is 0. The van der Waals surface area contributed by atoms with Crippen LogP contribution in [-0.2, 0) is 13.1 Å². The number of aromatic carboxylic acids is 1. The van der Waals surface area contributed by atoms with Crippen LogP contribution in [0.15, 0.2) is 41.6 Å². The van der Waals surface area contributed by atoms with Gasteiger partial charge in [0.15, 0.2) is 5.69 Å². The lowest BCUT2D eigenvalue weighted by molar-refractivity contribution is 0.0691. The van der Waals surface area contributed by atoms with Gasteiger partial charge in [-0.15, -0.1) is 0 Å². The highest BCUT2D eigenvalue weighted by Crippen LogP contribution is 2.15. The second-order valence-electron chi connectivity index (χ2n) is 4.30. The Hall–Kier alpha value is -2.41. The van der Waals surface area contributed by atoms with Gasteiger partial charge >= 0.3 is 5.97 Å². The first-order valence-corrected chi connectivity index (χ1v) is 6.76.